The Morgan fingerprint density at radius 3 is 2.32 bits per heavy atom. The van der Waals surface area contributed by atoms with E-state index >= 15 is 0 Å². The molecule has 1 heteroatoms. The van der Waals surface area contributed by atoms with Gasteiger partial charge in [-0.3, -0.25) is 0 Å². The van der Waals surface area contributed by atoms with E-state index in [1.807, 2.05) is 0 Å². The molecule has 0 bridgehead atoms. The number of benzene rings is 1. The van der Waals surface area contributed by atoms with E-state index in [9.17, 15) is 0 Å². The van der Waals surface area contributed by atoms with Gasteiger partial charge >= 0.3 is 0 Å². The molecular weight excluding hydrogens is 412 g/mol. The molecule has 0 aromatic heterocycles. The van der Waals surface area contributed by atoms with Crippen LogP contribution in [-0.4, -0.2) is 7.11 Å². The minimum atomic E-state index is 0.179. The van der Waals surface area contributed by atoms with Gasteiger partial charge in [0.1, 0.15) is 5.75 Å². The third-order valence-electron chi connectivity index (χ3n) is 7.37. The van der Waals surface area contributed by atoms with Crippen LogP contribution in [0, 0.1) is 16.7 Å². The van der Waals surface area contributed by atoms with Gasteiger partial charge in [-0.1, -0.05) is 89.3 Å². The highest BCUT2D eigenvalue weighted by Gasteiger charge is 2.36. The molecule has 0 amide bonds. The lowest BCUT2D eigenvalue weighted by Crippen LogP contribution is -2.25. The second-order valence-corrected chi connectivity index (χ2v) is 12.4. The molecule has 0 N–H and O–H groups in total. The molecule has 1 unspecified atom stereocenters. The standard InChI is InChI=1S/C33H38O/c1-32(2,3)19-23-17-25-11-9-24-10-12-27(29-16-13-26(18-23)30(25)31(24)29)21-33(4,5)20-22-7-14-28(34-6)15-8-22/h7-9,11-18,30H,10,19-21H2,1-6H3. The molecule has 1 atom stereocenters. The van der Waals surface area contributed by atoms with Crippen LogP contribution >= 0.6 is 0 Å². The highest BCUT2D eigenvalue weighted by Crippen LogP contribution is 2.51. The topological polar surface area (TPSA) is 9.23 Å². The van der Waals surface area contributed by atoms with E-state index in [2.05, 4.69) is 101 Å². The highest BCUT2D eigenvalue weighted by atomic mass is 16.5. The second-order valence-electron chi connectivity index (χ2n) is 12.4. The molecule has 0 spiro atoms. The number of ether oxygens (including phenoxy) is 1. The summed E-state index contributed by atoms with van der Waals surface area (Å²) in [5, 5.41) is 0. The smallest absolute Gasteiger partial charge is 0.118 e. The fraction of sp³-hybridized carbons (Fsp3) is 0.394. The maximum atomic E-state index is 5.34. The molecule has 34 heavy (non-hydrogen) atoms. The van der Waals surface area contributed by atoms with Crippen molar-refractivity contribution in [1.29, 1.82) is 0 Å². The minimum Gasteiger partial charge on any atom is -0.497 e. The zero-order valence-corrected chi connectivity index (χ0v) is 21.7. The normalized spacial score (nSPS) is 21.2. The Labute approximate surface area is 206 Å². The van der Waals surface area contributed by atoms with Gasteiger partial charge in [0, 0.05) is 5.92 Å². The van der Waals surface area contributed by atoms with Crippen LogP contribution < -0.4 is 4.74 Å². The van der Waals surface area contributed by atoms with Gasteiger partial charge in [-0.15, -0.1) is 0 Å². The van der Waals surface area contributed by atoms with Crippen molar-refractivity contribution in [3.8, 4) is 5.75 Å². The lowest BCUT2D eigenvalue weighted by Gasteiger charge is -2.39. The Balaban J connectivity index is 1.40. The van der Waals surface area contributed by atoms with Gasteiger partial charge in [-0.25, -0.2) is 0 Å². The Hall–Kier alpha value is -2.80. The average molecular weight is 451 g/mol. The molecule has 1 aromatic carbocycles. The number of methoxy groups -OCH3 is 1. The zero-order chi connectivity index (χ0) is 24.1. The fourth-order valence-electron chi connectivity index (χ4n) is 6.08. The van der Waals surface area contributed by atoms with Crippen molar-refractivity contribution >= 4 is 0 Å². The molecule has 5 rings (SSSR count). The van der Waals surface area contributed by atoms with Crippen molar-refractivity contribution in [2.75, 3.05) is 7.11 Å². The van der Waals surface area contributed by atoms with Gasteiger partial charge in [-0.2, -0.15) is 0 Å². The van der Waals surface area contributed by atoms with Crippen molar-refractivity contribution in [1.82, 2.24) is 0 Å². The Morgan fingerprint density at radius 1 is 0.853 bits per heavy atom. The molecule has 0 heterocycles. The summed E-state index contributed by atoms with van der Waals surface area (Å²) in [6.07, 6.45) is 21.3. The summed E-state index contributed by atoms with van der Waals surface area (Å²) in [6.45, 7) is 11.8. The quantitative estimate of drug-likeness (QED) is 0.421. The predicted molar refractivity (Wildman–Crippen MR) is 144 cm³/mol. The molecule has 0 saturated heterocycles. The molecule has 176 valence electrons. The van der Waals surface area contributed by atoms with Crippen LogP contribution in [0.3, 0.4) is 0 Å². The summed E-state index contributed by atoms with van der Waals surface area (Å²) in [4.78, 5) is 0. The van der Waals surface area contributed by atoms with Crippen LogP contribution in [0.1, 0.15) is 59.4 Å². The number of hydrogen-bond acceptors (Lipinski definition) is 1. The van der Waals surface area contributed by atoms with E-state index in [1.165, 1.54) is 39.0 Å². The van der Waals surface area contributed by atoms with Crippen LogP contribution in [0.15, 0.2) is 106 Å². The monoisotopic (exact) mass is 450 g/mol. The number of allylic oxidation sites excluding steroid dienone is 14. The molecule has 0 radical (unpaired) electrons. The first-order valence-corrected chi connectivity index (χ1v) is 12.7. The highest BCUT2D eigenvalue weighted by molar-refractivity contribution is 5.69. The summed E-state index contributed by atoms with van der Waals surface area (Å²) >= 11 is 0. The Kier molecular flexibility index (Phi) is 5.71. The zero-order valence-electron chi connectivity index (χ0n) is 21.7. The second kappa shape index (κ2) is 8.45. The molecule has 1 aromatic rings. The first-order valence-electron chi connectivity index (χ1n) is 12.7. The van der Waals surface area contributed by atoms with E-state index in [-0.39, 0.29) is 5.41 Å². The molecule has 1 nitrogen and oxygen atoms in total. The van der Waals surface area contributed by atoms with E-state index in [0.29, 0.717) is 11.3 Å². The first kappa shape index (κ1) is 23.0. The minimum absolute atomic E-state index is 0.179. The van der Waals surface area contributed by atoms with Crippen molar-refractivity contribution in [2.45, 2.75) is 60.3 Å². The van der Waals surface area contributed by atoms with Gasteiger partial charge in [0.25, 0.3) is 0 Å². The summed E-state index contributed by atoms with van der Waals surface area (Å²) in [5.41, 5.74) is 12.3. The van der Waals surface area contributed by atoms with Crippen LogP contribution in [0.2, 0.25) is 0 Å². The molecule has 4 aliphatic rings. The van der Waals surface area contributed by atoms with Gasteiger partial charge in [0.2, 0.25) is 0 Å². The van der Waals surface area contributed by atoms with Gasteiger partial charge in [-0.05, 0) is 93.2 Å². The molecule has 0 fully saturated rings. The summed E-state index contributed by atoms with van der Waals surface area (Å²) in [6, 6.07) is 8.56. The molecule has 4 aliphatic carbocycles. The van der Waals surface area contributed by atoms with E-state index < -0.39 is 0 Å². The lowest BCUT2D eigenvalue weighted by molar-refractivity contribution is 0.360. The molecular formula is C33H38O. The summed E-state index contributed by atoms with van der Waals surface area (Å²) < 4.78 is 5.34. The lowest BCUT2D eigenvalue weighted by atomic mass is 9.65. The third kappa shape index (κ3) is 4.58. The SMILES string of the molecule is COc1ccc(CC(C)(C)CC2=CCC3=CC=C4C=C(CC(C)(C)C)C=C5C=CC2=C3C45)cc1. The van der Waals surface area contributed by atoms with Crippen molar-refractivity contribution < 1.29 is 4.74 Å². The summed E-state index contributed by atoms with van der Waals surface area (Å²) in [7, 11) is 1.73. The number of rotatable bonds is 6. The van der Waals surface area contributed by atoms with Gasteiger partial charge in [0.15, 0.2) is 0 Å². The molecule has 0 saturated carbocycles. The fourth-order valence-corrected chi connectivity index (χ4v) is 6.08. The predicted octanol–water partition coefficient (Wildman–Crippen LogP) is 8.64. The van der Waals surface area contributed by atoms with Gasteiger partial charge in [0.05, 0.1) is 7.11 Å². The largest absolute Gasteiger partial charge is 0.497 e. The summed E-state index contributed by atoms with van der Waals surface area (Å²) in [5.74, 6) is 1.34. The first-order chi connectivity index (χ1) is 16.1. The Bertz CT molecular complexity index is 1210. The molecule has 0 aliphatic heterocycles. The third-order valence-corrected chi connectivity index (χ3v) is 7.37. The van der Waals surface area contributed by atoms with Crippen LogP contribution in [-0.2, 0) is 6.42 Å². The van der Waals surface area contributed by atoms with E-state index in [4.69, 9.17) is 4.74 Å². The average Bonchev–Trinajstić information content (AvgIpc) is 2.77. The van der Waals surface area contributed by atoms with Crippen LogP contribution in [0.4, 0.5) is 0 Å². The maximum absolute atomic E-state index is 5.34. The van der Waals surface area contributed by atoms with Crippen LogP contribution in [0.25, 0.3) is 0 Å². The Morgan fingerprint density at radius 2 is 1.62 bits per heavy atom. The number of hydrogen-bond donors (Lipinski definition) is 0. The van der Waals surface area contributed by atoms with Crippen molar-refractivity contribution in [3.05, 3.63) is 111 Å². The van der Waals surface area contributed by atoms with E-state index in [1.54, 1.807) is 12.7 Å². The van der Waals surface area contributed by atoms with Gasteiger partial charge < -0.3 is 4.74 Å². The van der Waals surface area contributed by atoms with E-state index in [0.717, 1.165) is 31.4 Å². The van der Waals surface area contributed by atoms with Crippen molar-refractivity contribution in [2.24, 2.45) is 16.7 Å². The van der Waals surface area contributed by atoms with Crippen molar-refractivity contribution in [3.63, 3.8) is 0 Å². The maximum Gasteiger partial charge on any atom is 0.118 e. The van der Waals surface area contributed by atoms with Crippen LogP contribution in [0.5, 0.6) is 5.75 Å².